The Morgan fingerprint density at radius 2 is 1.75 bits per heavy atom. The second-order valence-corrected chi connectivity index (χ2v) is 5.33. The summed E-state index contributed by atoms with van der Waals surface area (Å²) in [5, 5.41) is 18.1. The third-order valence-corrected chi connectivity index (χ3v) is 3.38. The first-order valence-corrected chi connectivity index (χ1v) is 7.24. The highest BCUT2D eigenvalue weighted by Gasteiger charge is 2.23. The van der Waals surface area contributed by atoms with E-state index in [0.29, 0.717) is 0 Å². The molecule has 1 heterocycles. The van der Waals surface area contributed by atoms with E-state index in [1.807, 2.05) is 42.5 Å². The van der Waals surface area contributed by atoms with Crippen LogP contribution in [0.4, 0.5) is 23.0 Å². The molecule has 0 unspecified atom stereocenters. The molecule has 0 amide bonds. The minimum Gasteiger partial charge on any atom is -0.334 e. The van der Waals surface area contributed by atoms with Crippen molar-refractivity contribution in [2.45, 2.75) is 0 Å². The van der Waals surface area contributed by atoms with E-state index in [0.717, 1.165) is 16.5 Å². The van der Waals surface area contributed by atoms with Crippen LogP contribution in [0.15, 0.2) is 48.8 Å². The zero-order valence-corrected chi connectivity index (χ0v) is 13.2. The average Bonchev–Trinajstić information content (AvgIpc) is 2.54. The molecule has 0 spiro atoms. The summed E-state index contributed by atoms with van der Waals surface area (Å²) >= 11 is 0. The normalized spacial score (nSPS) is 10.8. The molecule has 0 fully saturated rings. The van der Waals surface area contributed by atoms with E-state index in [-0.39, 0.29) is 17.3 Å². The maximum atomic E-state index is 11.5. The minimum atomic E-state index is -0.501. The second-order valence-electron chi connectivity index (χ2n) is 5.33. The van der Waals surface area contributed by atoms with Gasteiger partial charge in [0.1, 0.15) is 6.33 Å². The zero-order chi connectivity index (χ0) is 17.1. The van der Waals surface area contributed by atoms with Gasteiger partial charge in [-0.15, -0.1) is 0 Å². The Hall–Kier alpha value is -3.26. The van der Waals surface area contributed by atoms with Gasteiger partial charge in [-0.2, -0.15) is 0 Å². The number of hydrazine groups is 1. The van der Waals surface area contributed by atoms with Crippen LogP contribution in [-0.2, 0) is 0 Å². The second kappa shape index (κ2) is 6.47. The molecule has 1 aromatic heterocycles. The van der Waals surface area contributed by atoms with Crippen LogP contribution in [0.5, 0.6) is 0 Å². The Bertz CT molecular complexity index is 891. The Kier molecular flexibility index (Phi) is 4.21. The van der Waals surface area contributed by atoms with Crippen LogP contribution in [0.25, 0.3) is 10.8 Å². The molecular formula is C16H16N6O2. The number of benzene rings is 2. The van der Waals surface area contributed by atoms with Crippen molar-refractivity contribution >= 4 is 33.8 Å². The lowest BCUT2D eigenvalue weighted by atomic mass is 10.1. The zero-order valence-electron chi connectivity index (χ0n) is 13.2. The molecule has 122 valence electrons. The summed E-state index contributed by atoms with van der Waals surface area (Å²) in [5.74, 6) is 0.262. The summed E-state index contributed by atoms with van der Waals surface area (Å²) in [6.07, 6.45) is 1.28. The molecule has 24 heavy (non-hydrogen) atoms. The molecule has 2 aromatic carbocycles. The topological polar surface area (TPSA) is 96.2 Å². The molecule has 3 aromatic rings. The number of hydrogen-bond donors (Lipinski definition) is 2. The molecule has 8 nitrogen and oxygen atoms in total. The van der Waals surface area contributed by atoms with Crippen LogP contribution >= 0.6 is 0 Å². The molecule has 0 saturated carbocycles. The van der Waals surface area contributed by atoms with Gasteiger partial charge >= 0.3 is 5.69 Å². The van der Waals surface area contributed by atoms with Crippen molar-refractivity contribution in [2.24, 2.45) is 0 Å². The smallest absolute Gasteiger partial charge is 0.334 e. The molecule has 0 aliphatic heterocycles. The first-order chi connectivity index (χ1) is 11.6. The van der Waals surface area contributed by atoms with E-state index in [1.165, 1.54) is 6.33 Å². The van der Waals surface area contributed by atoms with Crippen molar-refractivity contribution in [1.29, 1.82) is 0 Å². The number of nitro groups is 1. The van der Waals surface area contributed by atoms with Crippen LogP contribution < -0.4 is 10.7 Å². The number of anilines is 3. The van der Waals surface area contributed by atoms with Crippen molar-refractivity contribution in [3.8, 4) is 0 Å². The van der Waals surface area contributed by atoms with Crippen molar-refractivity contribution < 1.29 is 4.92 Å². The highest BCUT2D eigenvalue weighted by Crippen LogP contribution is 2.33. The molecule has 8 heteroatoms. The predicted molar refractivity (Wildman–Crippen MR) is 93.2 cm³/mol. The van der Waals surface area contributed by atoms with Gasteiger partial charge in [0.15, 0.2) is 0 Å². The Labute approximate surface area is 138 Å². The monoisotopic (exact) mass is 324 g/mol. The van der Waals surface area contributed by atoms with E-state index in [9.17, 15) is 10.1 Å². The fourth-order valence-electron chi connectivity index (χ4n) is 2.40. The van der Waals surface area contributed by atoms with Crippen molar-refractivity contribution in [3.05, 3.63) is 58.9 Å². The van der Waals surface area contributed by atoms with E-state index in [2.05, 4.69) is 20.7 Å². The van der Waals surface area contributed by atoms with Gasteiger partial charge in [0.25, 0.3) is 0 Å². The van der Waals surface area contributed by atoms with E-state index >= 15 is 0 Å². The average molecular weight is 324 g/mol. The van der Waals surface area contributed by atoms with Gasteiger partial charge < -0.3 is 5.32 Å². The Balaban J connectivity index is 2.07. The quantitative estimate of drug-likeness (QED) is 0.549. The molecule has 0 atom stereocenters. The minimum absolute atomic E-state index is 0.128. The lowest BCUT2D eigenvalue weighted by Crippen LogP contribution is -2.21. The molecule has 2 N–H and O–H groups in total. The number of aromatic nitrogens is 2. The van der Waals surface area contributed by atoms with Gasteiger partial charge in [-0.1, -0.05) is 36.4 Å². The fraction of sp³-hybridized carbons (Fsp3) is 0.125. The van der Waals surface area contributed by atoms with Crippen LogP contribution in [0, 0.1) is 10.1 Å². The lowest BCUT2D eigenvalue weighted by molar-refractivity contribution is -0.383. The summed E-state index contributed by atoms with van der Waals surface area (Å²) in [6, 6.07) is 13.5. The van der Waals surface area contributed by atoms with Gasteiger partial charge in [0, 0.05) is 25.2 Å². The van der Waals surface area contributed by atoms with E-state index < -0.39 is 4.92 Å². The van der Waals surface area contributed by atoms with Crippen molar-refractivity contribution in [1.82, 2.24) is 15.0 Å². The fourth-order valence-corrected chi connectivity index (χ4v) is 2.40. The van der Waals surface area contributed by atoms with Gasteiger partial charge in [-0.25, -0.2) is 15.0 Å². The summed E-state index contributed by atoms with van der Waals surface area (Å²) in [7, 11) is 3.45. The van der Waals surface area contributed by atoms with Crippen molar-refractivity contribution in [2.75, 3.05) is 24.8 Å². The van der Waals surface area contributed by atoms with E-state index in [4.69, 9.17) is 0 Å². The maximum Gasteiger partial charge on any atom is 0.354 e. The Morgan fingerprint density at radius 3 is 2.50 bits per heavy atom. The van der Waals surface area contributed by atoms with Crippen molar-refractivity contribution in [3.63, 3.8) is 0 Å². The van der Waals surface area contributed by atoms with Gasteiger partial charge in [0.2, 0.25) is 11.6 Å². The highest BCUT2D eigenvalue weighted by molar-refractivity contribution is 5.95. The molecular weight excluding hydrogens is 308 g/mol. The summed E-state index contributed by atoms with van der Waals surface area (Å²) in [4.78, 5) is 19.0. The Morgan fingerprint density at radius 1 is 1.04 bits per heavy atom. The standard InChI is InChI=1S/C16H16N6O2/c1-21(2)20-16-14(22(23)24)15(17-10-18-16)19-13-9-5-7-11-6-3-4-8-12(11)13/h3-10H,1-2H3,(H2,17,18,19,20). The van der Waals surface area contributed by atoms with Gasteiger partial charge in [-0.05, 0) is 11.5 Å². The molecule has 0 aliphatic carbocycles. The third-order valence-electron chi connectivity index (χ3n) is 3.38. The van der Waals surface area contributed by atoms with Crippen LogP contribution in [-0.4, -0.2) is 34.0 Å². The SMILES string of the molecule is CN(C)Nc1ncnc(Nc2cccc3ccccc23)c1[N+](=O)[O-]. The molecule has 0 aliphatic rings. The number of rotatable bonds is 5. The largest absolute Gasteiger partial charge is 0.354 e. The highest BCUT2D eigenvalue weighted by atomic mass is 16.6. The number of nitrogens with zero attached hydrogens (tertiary/aromatic N) is 4. The van der Waals surface area contributed by atoms with Crippen LogP contribution in [0.2, 0.25) is 0 Å². The lowest BCUT2D eigenvalue weighted by Gasteiger charge is -2.14. The number of fused-ring (bicyclic) bond motifs is 1. The summed E-state index contributed by atoms with van der Waals surface area (Å²) < 4.78 is 0. The predicted octanol–water partition coefficient (Wildman–Crippen LogP) is 3.17. The summed E-state index contributed by atoms with van der Waals surface area (Å²) in [6.45, 7) is 0. The van der Waals surface area contributed by atoms with E-state index in [1.54, 1.807) is 19.1 Å². The first-order valence-electron chi connectivity index (χ1n) is 7.24. The third kappa shape index (κ3) is 3.08. The number of nitrogens with one attached hydrogen (secondary N) is 2. The number of hydrogen-bond acceptors (Lipinski definition) is 7. The van der Waals surface area contributed by atoms with Gasteiger partial charge in [-0.3, -0.25) is 15.5 Å². The molecule has 0 bridgehead atoms. The van der Waals surface area contributed by atoms with Crippen LogP contribution in [0.3, 0.4) is 0 Å². The van der Waals surface area contributed by atoms with Crippen LogP contribution in [0.1, 0.15) is 0 Å². The molecule has 3 rings (SSSR count). The first kappa shape index (κ1) is 15.6. The van der Waals surface area contributed by atoms with Gasteiger partial charge in [0.05, 0.1) is 4.92 Å². The molecule has 0 radical (unpaired) electrons. The maximum absolute atomic E-state index is 11.5. The molecule has 0 saturated heterocycles. The summed E-state index contributed by atoms with van der Waals surface area (Å²) in [5.41, 5.74) is 3.35.